The zero-order chi connectivity index (χ0) is 17.1. The second-order valence-electron chi connectivity index (χ2n) is 7.07. The van der Waals surface area contributed by atoms with Crippen molar-refractivity contribution in [2.45, 2.75) is 50.6 Å². The third kappa shape index (κ3) is 3.96. The number of urea groups is 1. The van der Waals surface area contributed by atoms with Crippen LogP contribution in [0.2, 0.25) is 0 Å². The average molecular weight is 359 g/mol. The normalized spacial score (nSPS) is 23.5. The van der Waals surface area contributed by atoms with E-state index in [2.05, 4.69) is 32.7 Å². The molecule has 0 saturated carbocycles. The van der Waals surface area contributed by atoms with Crippen molar-refractivity contribution in [3.63, 3.8) is 0 Å². The van der Waals surface area contributed by atoms with Gasteiger partial charge in [0.05, 0.1) is 15.2 Å². The number of carbonyl (C=O) groups is 1. The Morgan fingerprint density at radius 1 is 1.24 bits per heavy atom. The van der Waals surface area contributed by atoms with Crippen LogP contribution < -0.4 is 10.6 Å². The van der Waals surface area contributed by atoms with Crippen molar-refractivity contribution in [1.29, 1.82) is 0 Å². The number of nitrogens with one attached hydrogen (secondary N) is 2. The van der Waals surface area contributed by atoms with E-state index in [0.29, 0.717) is 18.6 Å². The van der Waals surface area contributed by atoms with Crippen molar-refractivity contribution in [2.24, 2.45) is 0 Å². The number of aromatic nitrogens is 1. The summed E-state index contributed by atoms with van der Waals surface area (Å²) in [6.45, 7) is 3.03. The minimum absolute atomic E-state index is 0.0123. The summed E-state index contributed by atoms with van der Waals surface area (Å²) in [5, 5.41) is 7.36. The first-order valence-electron chi connectivity index (χ1n) is 9.42. The van der Waals surface area contributed by atoms with Gasteiger partial charge in [-0.15, -0.1) is 11.3 Å². The summed E-state index contributed by atoms with van der Waals surface area (Å²) >= 11 is 1.75. The highest BCUT2D eigenvalue weighted by molar-refractivity contribution is 7.18. The highest BCUT2D eigenvalue weighted by atomic mass is 32.1. The number of aryl methyl sites for hydroxylation is 1. The van der Waals surface area contributed by atoms with Crippen LogP contribution in [0.25, 0.3) is 10.2 Å². The van der Waals surface area contributed by atoms with E-state index < -0.39 is 0 Å². The molecular formula is C19H26N4OS. The number of carbonyl (C=O) groups excluding carboxylic acids is 1. The van der Waals surface area contributed by atoms with Crippen molar-refractivity contribution in [1.82, 2.24) is 20.5 Å². The topological polar surface area (TPSA) is 57.3 Å². The van der Waals surface area contributed by atoms with Gasteiger partial charge in [0.25, 0.3) is 0 Å². The summed E-state index contributed by atoms with van der Waals surface area (Å²) < 4.78 is 1.24. The number of thiazole rings is 1. The molecule has 2 aliphatic rings. The van der Waals surface area contributed by atoms with Crippen LogP contribution in [-0.2, 0) is 6.42 Å². The van der Waals surface area contributed by atoms with Crippen LogP contribution in [0, 0.1) is 0 Å². The van der Waals surface area contributed by atoms with Crippen LogP contribution in [0.4, 0.5) is 4.79 Å². The summed E-state index contributed by atoms with van der Waals surface area (Å²) in [7, 11) is 0. The van der Waals surface area contributed by atoms with Crippen LogP contribution in [0.3, 0.4) is 0 Å². The summed E-state index contributed by atoms with van der Waals surface area (Å²) in [6, 6.07) is 9.10. The Kier molecular flexibility index (Phi) is 5.17. The molecule has 3 heterocycles. The first kappa shape index (κ1) is 16.8. The van der Waals surface area contributed by atoms with Gasteiger partial charge in [-0.1, -0.05) is 18.6 Å². The molecule has 2 fully saturated rings. The van der Waals surface area contributed by atoms with Crippen LogP contribution in [0.1, 0.15) is 37.1 Å². The summed E-state index contributed by atoms with van der Waals surface area (Å²) in [6.07, 6.45) is 6.75. The Morgan fingerprint density at radius 3 is 3.08 bits per heavy atom. The van der Waals surface area contributed by atoms with Crippen molar-refractivity contribution < 1.29 is 4.79 Å². The second kappa shape index (κ2) is 7.70. The van der Waals surface area contributed by atoms with Gasteiger partial charge in [0.1, 0.15) is 0 Å². The quantitative estimate of drug-likeness (QED) is 0.807. The molecule has 4 rings (SSSR count). The number of hydrogen-bond acceptors (Lipinski definition) is 4. The first-order valence-corrected chi connectivity index (χ1v) is 10.2. The van der Waals surface area contributed by atoms with Gasteiger partial charge >= 0.3 is 6.03 Å². The maximum Gasteiger partial charge on any atom is 0.315 e. The van der Waals surface area contributed by atoms with Crippen molar-refractivity contribution in [3.05, 3.63) is 29.3 Å². The Bertz CT molecular complexity index is 698. The SMILES string of the molecule is O=C(NCCCc1nc2ccccc2s1)N[C@@H]1CCN2CCCC[C@@H]12. The molecule has 0 aliphatic carbocycles. The number of benzene rings is 1. The molecule has 2 aromatic rings. The van der Waals surface area contributed by atoms with Crippen molar-refractivity contribution in [2.75, 3.05) is 19.6 Å². The third-order valence-corrected chi connectivity index (χ3v) is 6.46. The fourth-order valence-electron chi connectivity index (χ4n) is 4.10. The molecule has 2 N–H and O–H groups in total. The number of amides is 2. The van der Waals surface area contributed by atoms with E-state index in [4.69, 9.17) is 0 Å². The van der Waals surface area contributed by atoms with Crippen LogP contribution in [0.15, 0.2) is 24.3 Å². The number of nitrogens with zero attached hydrogens (tertiary/aromatic N) is 2. The summed E-state index contributed by atoms with van der Waals surface area (Å²) in [4.78, 5) is 19.4. The van der Waals surface area contributed by atoms with Crippen LogP contribution in [0.5, 0.6) is 0 Å². The molecule has 0 spiro atoms. The van der Waals surface area contributed by atoms with E-state index in [1.807, 2.05) is 12.1 Å². The van der Waals surface area contributed by atoms with Gasteiger partial charge in [-0.25, -0.2) is 9.78 Å². The average Bonchev–Trinajstić information content (AvgIpc) is 3.23. The zero-order valence-electron chi connectivity index (χ0n) is 14.5. The Balaban J connectivity index is 1.19. The molecule has 1 aromatic heterocycles. The van der Waals surface area contributed by atoms with Gasteiger partial charge in [-0.05, 0) is 44.4 Å². The minimum atomic E-state index is -0.0123. The Morgan fingerprint density at radius 2 is 2.16 bits per heavy atom. The number of piperidine rings is 1. The molecule has 0 bridgehead atoms. The largest absolute Gasteiger partial charge is 0.338 e. The van der Waals surface area contributed by atoms with Crippen molar-refractivity contribution >= 4 is 27.6 Å². The lowest BCUT2D eigenvalue weighted by Gasteiger charge is -2.32. The number of fused-ring (bicyclic) bond motifs is 2. The first-order chi connectivity index (χ1) is 12.3. The van der Waals surface area contributed by atoms with E-state index in [9.17, 15) is 4.79 Å². The fraction of sp³-hybridized carbons (Fsp3) is 0.579. The molecule has 2 aliphatic heterocycles. The lowest BCUT2D eigenvalue weighted by molar-refractivity contribution is 0.179. The Hall–Kier alpha value is -1.66. The van der Waals surface area contributed by atoms with Crippen molar-refractivity contribution in [3.8, 4) is 0 Å². The molecule has 2 saturated heterocycles. The van der Waals surface area contributed by atoms with Gasteiger partial charge in [0, 0.05) is 31.6 Å². The minimum Gasteiger partial charge on any atom is -0.338 e. The molecule has 0 unspecified atom stereocenters. The van der Waals surface area contributed by atoms with Gasteiger partial charge < -0.3 is 10.6 Å². The summed E-state index contributed by atoms with van der Waals surface area (Å²) in [5.41, 5.74) is 1.08. The predicted molar refractivity (Wildman–Crippen MR) is 102 cm³/mol. The maximum absolute atomic E-state index is 12.2. The molecule has 25 heavy (non-hydrogen) atoms. The van der Waals surface area contributed by atoms with E-state index in [0.717, 1.165) is 36.3 Å². The molecule has 134 valence electrons. The van der Waals surface area contributed by atoms with Crippen LogP contribution >= 0.6 is 11.3 Å². The fourth-order valence-corrected chi connectivity index (χ4v) is 5.11. The smallest absolute Gasteiger partial charge is 0.315 e. The number of hydrogen-bond donors (Lipinski definition) is 2. The highest BCUT2D eigenvalue weighted by Crippen LogP contribution is 2.27. The van der Waals surface area contributed by atoms with E-state index in [1.54, 1.807) is 11.3 Å². The highest BCUT2D eigenvalue weighted by Gasteiger charge is 2.36. The summed E-state index contributed by atoms with van der Waals surface area (Å²) in [5.74, 6) is 0. The van der Waals surface area contributed by atoms with Gasteiger partial charge in [0.15, 0.2) is 0 Å². The molecular weight excluding hydrogens is 332 g/mol. The number of rotatable bonds is 5. The van der Waals surface area contributed by atoms with Gasteiger partial charge in [-0.3, -0.25) is 4.90 Å². The molecule has 2 atom stereocenters. The van der Waals surface area contributed by atoms with Gasteiger partial charge in [-0.2, -0.15) is 0 Å². The molecule has 1 aromatic carbocycles. The maximum atomic E-state index is 12.2. The standard InChI is InChI=1S/C19H26N4OS/c24-19(22-14-10-13-23-12-4-3-7-16(14)23)20-11-5-9-18-21-15-6-1-2-8-17(15)25-18/h1-2,6,8,14,16H,3-5,7,9-13H2,(H2,20,22,24)/t14-,16+/m1/s1. The molecule has 6 heteroatoms. The third-order valence-electron chi connectivity index (χ3n) is 5.36. The second-order valence-corrected chi connectivity index (χ2v) is 8.19. The lowest BCUT2D eigenvalue weighted by atomic mass is 9.99. The van der Waals surface area contributed by atoms with E-state index >= 15 is 0 Å². The molecule has 0 radical (unpaired) electrons. The van der Waals surface area contributed by atoms with E-state index in [-0.39, 0.29) is 6.03 Å². The van der Waals surface area contributed by atoms with E-state index in [1.165, 1.54) is 30.5 Å². The molecule has 5 nitrogen and oxygen atoms in total. The monoisotopic (exact) mass is 358 g/mol. The number of para-hydroxylation sites is 1. The predicted octanol–water partition coefficient (Wildman–Crippen LogP) is 3.15. The van der Waals surface area contributed by atoms with Crippen LogP contribution in [-0.4, -0.2) is 47.6 Å². The molecule has 2 amide bonds. The lowest BCUT2D eigenvalue weighted by Crippen LogP contribution is -2.49. The Labute approximate surface area is 152 Å². The zero-order valence-corrected chi connectivity index (χ0v) is 15.4. The van der Waals surface area contributed by atoms with Gasteiger partial charge in [0.2, 0.25) is 0 Å².